The lowest BCUT2D eigenvalue weighted by molar-refractivity contribution is -0.122. The van der Waals surface area contributed by atoms with Crippen LogP contribution in [0, 0.1) is 0 Å². The number of amides is 1. The van der Waals surface area contributed by atoms with Gasteiger partial charge in [0.05, 0.1) is 0 Å². The van der Waals surface area contributed by atoms with Gasteiger partial charge in [0.25, 0.3) is 0 Å². The first-order valence-corrected chi connectivity index (χ1v) is 7.78. The number of rotatable bonds is 8. The molecule has 2 rings (SSSR count). The standard InChI is InChI=1S/C17H25N3O2/c1-4-15-13(12-8-6-7-9-16(12)22-15)10-19-11-14(17(18)21)20(3)5-2/h6-9,14,19H,4-5,10-11H2,1-3H3,(H2,18,21). The number of nitrogens with zero attached hydrogens (tertiary/aromatic N) is 1. The summed E-state index contributed by atoms with van der Waals surface area (Å²) < 4.78 is 5.88. The predicted octanol–water partition coefficient (Wildman–Crippen LogP) is 1.89. The lowest BCUT2D eigenvalue weighted by Crippen LogP contribution is -2.48. The Bertz CT molecular complexity index is 636. The third kappa shape index (κ3) is 3.48. The molecule has 5 nitrogen and oxygen atoms in total. The van der Waals surface area contributed by atoms with Gasteiger partial charge in [-0.25, -0.2) is 0 Å². The van der Waals surface area contributed by atoms with Crippen LogP contribution >= 0.6 is 0 Å². The molecule has 1 aromatic carbocycles. The summed E-state index contributed by atoms with van der Waals surface area (Å²) in [7, 11) is 1.90. The van der Waals surface area contributed by atoms with Crippen molar-refractivity contribution in [3.05, 3.63) is 35.6 Å². The molecule has 2 aromatic rings. The Labute approximate surface area is 131 Å². The smallest absolute Gasteiger partial charge is 0.236 e. The highest BCUT2D eigenvalue weighted by atomic mass is 16.3. The van der Waals surface area contributed by atoms with E-state index in [0.29, 0.717) is 13.1 Å². The summed E-state index contributed by atoms with van der Waals surface area (Å²) in [6, 6.07) is 7.74. The lowest BCUT2D eigenvalue weighted by Gasteiger charge is -2.24. The molecule has 0 saturated carbocycles. The topological polar surface area (TPSA) is 71.5 Å². The molecular formula is C17H25N3O2. The predicted molar refractivity (Wildman–Crippen MR) is 88.6 cm³/mol. The first-order valence-electron chi connectivity index (χ1n) is 7.78. The van der Waals surface area contributed by atoms with Gasteiger partial charge in [-0.05, 0) is 19.7 Å². The molecule has 1 heterocycles. The maximum atomic E-state index is 11.5. The monoisotopic (exact) mass is 303 g/mol. The van der Waals surface area contributed by atoms with Gasteiger partial charge in [0.15, 0.2) is 0 Å². The summed E-state index contributed by atoms with van der Waals surface area (Å²) in [5.41, 5.74) is 7.56. The second-order valence-electron chi connectivity index (χ2n) is 5.48. The molecule has 0 bridgehead atoms. The van der Waals surface area contributed by atoms with Crippen LogP contribution in [0.5, 0.6) is 0 Å². The molecule has 0 aliphatic heterocycles. The Kier molecular flexibility index (Phi) is 5.57. The van der Waals surface area contributed by atoms with E-state index in [4.69, 9.17) is 10.2 Å². The lowest BCUT2D eigenvalue weighted by atomic mass is 10.1. The number of para-hydroxylation sites is 1. The van der Waals surface area contributed by atoms with Gasteiger partial charge in [0.2, 0.25) is 5.91 Å². The van der Waals surface area contributed by atoms with Gasteiger partial charge in [0.1, 0.15) is 17.4 Å². The summed E-state index contributed by atoms with van der Waals surface area (Å²) in [6.45, 7) is 6.07. The molecule has 5 heteroatoms. The zero-order chi connectivity index (χ0) is 16.1. The first-order chi connectivity index (χ1) is 10.6. The average Bonchev–Trinajstić information content (AvgIpc) is 2.88. The Hall–Kier alpha value is -1.85. The van der Waals surface area contributed by atoms with Crippen molar-refractivity contribution in [3.63, 3.8) is 0 Å². The second kappa shape index (κ2) is 7.42. The molecule has 1 atom stereocenters. The Morgan fingerprint density at radius 2 is 2.09 bits per heavy atom. The van der Waals surface area contributed by atoms with E-state index in [2.05, 4.69) is 18.3 Å². The minimum atomic E-state index is -0.301. The number of benzene rings is 1. The number of fused-ring (bicyclic) bond motifs is 1. The molecular weight excluding hydrogens is 278 g/mol. The SMILES string of the molecule is CCc1oc2ccccc2c1CNCC(C(N)=O)N(C)CC. The third-order valence-corrected chi connectivity index (χ3v) is 4.10. The zero-order valence-electron chi connectivity index (χ0n) is 13.6. The third-order valence-electron chi connectivity index (χ3n) is 4.10. The molecule has 1 amide bonds. The van der Waals surface area contributed by atoms with Gasteiger partial charge < -0.3 is 15.5 Å². The largest absolute Gasteiger partial charge is 0.461 e. The van der Waals surface area contributed by atoms with Crippen molar-refractivity contribution in [2.45, 2.75) is 32.9 Å². The zero-order valence-corrected chi connectivity index (χ0v) is 13.6. The number of primary amides is 1. The van der Waals surface area contributed by atoms with E-state index < -0.39 is 0 Å². The van der Waals surface area contributed by atoms with Gasteiger partial charge in [-0.3, -0.25) is 9.69 Å². The highest BCUT2D eigenvalue weighted by molar-refractivity contribution is 5.82. The number of furan rings is 1. The number of nitrogens with one attached hydrogen (secondary N) is 1. The van der Waals surface area contributed by atoms with Gasteiger partial charge in [0, 0.05) is 30.5 Å². The van der Waals surface area contributed by atoms with Crippen LogP contribution in [-0.4, -0.2) is 37.0 Å². The molecule has 120 valence electrons. The summed E-state index contributed by atoms with van der Waals surface area (Å²) in [5.74, 6) is 0.692. The minimum absolute atomic E-state index is 0.298. The van der Waals surface area contributed by atoms with E-state index in [1.807, 2.05) is 37.1 Å². The van der Waals surface area contributed by atoms with Gasteiger partial charge in [-0.15, -0.1) is 0 Å². The molecule has 1 aromatic heterocycles. The van der Waals surface area contributed by atoms with E-state index in [1.54, 1.807) is 0 Å². The van der Waals surface area contributed by atoms with Crippen molar-refractivity contribution in [1.82, 2.24) is 10.2 Å². The molecule has 22 heavy (non-hydrogen) atoms. The van der Waals surface area contributed by atoms with E-state index in [1.165, 1.54) is 5.56 Å². The van der Waals surface area contributed by atoms with Crippen molar-refractivity contribution in [3.8, 4) is 0 Å². The molecule has 0 spiro atoms. The van der Waals surface area contributed by atoms with Crippen molar-refractivity contribution in [2.75, 3.05) is 20.1 Å². The van der Waals surface area contributed by atoms with Crippen molar-refractivity contribution >= 4 is 16.9 Å². The number of nitrogens with two attached hydrogens (primary N) is 1. The Balaban J connectivity index is 2.09. The molecule has 0 saturated heterocycles. The molecule has 1 unspecified atom stereocenters. The minimum Gasteiger partial charge on any atom is -0.461 e. The fourth-order valence-electron chi connectivity index (χ4n) is 2.66. The van der Waals surface area contributed by atoms with Crippen LogP contribution in [0.2, 0.25) is 0 Å². The normalized spacial score (nSPS) is 12.9. The van der Waals surface area contributed by atoms with Crippen LogP contribution in [0.3, 0.4) is 0 Å². The fraction of sp³-hybridized carbons (Fsp3) is 0.471. The average molecular weight is 303 g/mol. The van der Waals surface area contributed by atoms with Crippen LogP contribution in [0.15, 0.2) is 28.7 Å². The quantitative estimate of drug-likeness (QED) is 0.781. The molecule has 0 fully saturated rings. The number of carbonyl (C=O) groups excluding carboxylic acids is 1. The molecule has 0 aliphatic carbocycles. The van der Waals surface area contributed by atoms with Crippen LogP contribution in [0.4, 0.5) is 0 Å². The number of aryl methyl sites for hydroxylation is 1. The number of carbonyl (C=O) groups is 1. The molecule has 0 radical (unpaired) electrons. The summed E-state index contributed by atoms with van der Waals surface area (Å²) in [4.78, 5) is 13.5. The summed E-state index contributed by atoms with van der Waals surface area (Å²) >= 11 is 0. The van der Waals surface area contributed by atoms with Crippen LogP contribution in [-0.2, 0) is 17.8 Å². The molecule has 0 aliphatic rings. The van der Waals surface area contributed by atoms with Gasteiger partial charge in [-0.1, -0.05) is 32.0 Å². The Morgan fingerprint density at radius 1 is 1.36 bits per heavy atom. The molecule has 3 N–H and O–H groups in total. The highest BCUT2D eigenvalue weighted by Gasteiger charge is 2.19. The van der Waals surface area contributed by atoms with Crippen molar-refractivity contribution < 1.29 is 9.21 Å². The summed E-state index contributed by atoms with van der Waals surface area (Å²) in [6.07, 6.45) is 0.847. The van der Waals surface area contributed by atoms with Gasteiger partial charge >= 0.3 is 0 Å². The van der Waals surface area contributed by atoms with Gasteiger partial charge in [-0.2, -0.15) is 0 Å². The Morgan fingerprint density at radius 3 is 2.73 bits per heavy atom. The van der Waals surface area contributed by atoms with Crippen molar-refractivity contribution in [1.29, 1.82) is 0 Å². The van der Waals surface area contributed by atoms with Crippen LogP contribution in [0.25, 0.3) is 11.0 Å². The number of hydrogen-bond acceptors (Lipinski definition) is 4. The second-order valence-corrected chi connectivity index (χ2v) is 5.48. The van der Waals surface area contributed by atoms with E-state index >= 15 is 0 Å². The van der Waals surface area contributed by atoms with E-state index in [0.717, 1.165) is 29.7 Å². The fourth-order valence-corrected chi connectivity index (χ4v) is 2.66. The van der Waals surface area contributed by atoms with E-state index in [9.17, 15) is 4.79 Å². The highest BCUT2D eigenvalue weighted by Crippen LogP contribution is 2.26. The first kappa shape index (κ1) is 16.5. The number of hydrogen-bond donors (Lipinski definition) is 2. The maximum Gasteiger partial charge on any atom is 0.236 e. The van der Waals surface area contributed by atoms with E-state index in [-0.39, 0.29) is 11.9 Å². The maximum absolute atomic E-state index is 11.5. The van der Waals surface area contributed by atoms with Crippen LogP contribution in [0.1, 0.15) is 25.2 Å². The van der Waals surface area contributed by atoms with Crippen LogP contribution < -0.4 is 11.1 Å². The number of likely N-dealkylation sites (N-methyl/N-ethyl adjacent to an activating group) is 1. The summed E-state index contributed by atoms with van der Waals surface area (Å²) in [5, 5.41) is 4.48. The van der Waals surface area contributed by atoms with Crippen molar-refractivity contribution in [2.24, 2.45) is 5.73 Å².